The van der Waals surface area contributed by atoms with Crippen LogP contribution < -0.4 is 14.7 Å². The van der Waals surface area contributed by atoms with E-state index in [0.717, 1.165) is 43.1 Å². The lowest BCUT2D eigenvalue weighted by Gasteiger charge is -2.39. The number of hydrogen-bond acceptors (Lipinski definition) is 6. The summed E-state index contributed by atoms with van der Waals surface area (Å²) in [6.07, 6.45) is 2.69. The zero-order chi connectivity index (χ0) is 19.8. The van der Waals surface area contributed by atoms with Crippen molar-refractivity contribution in [2.24, 2.45) is 0 Å². The van der Waals surface area contributed by atoms with E-state index in [9.17, 15) is 9.90 Å². The number of fused-ring (bicyclic) bond motifs is 1. The second kappa shape index (κ2) is 7.20. The Balaban J connectivity index is 1.33. The normalized spacial score (nSPS) is 20.8. The molecule has 8 heteroatoms. The summed E-state index contributed by atoms with van der Waals surface area (Å²) in [4.78, 5) is 22.0. The molecule has 2 aromatic rings. The van der Waals surface area contributed by atoms with Crippen LogP contribution in [0.5, 0.6) is 0 Å². The summed E-state index contributed by atoms with van der Waals surface area (Å²) in [7, 11) is 0. The largest absolute Gasteiger partial charge is 0.465 e. The summed E-state index contributed by atoms with van der Waals surface area (Å²) in [6.45, 7) is 4.10. The zero-order valence-electron chi connectivity index (χ0n) is 16.2. The van der Waals surface area contributed by atoms with Crippen molar-refractivity contribution >= 4 is 29.0 Å². The van der Waals surface area contributed by atoms with Crippen molar-refractivity contribution < 1.29 is 19.4 Å². The number of hydrogen-bond donors (Lipinski definition) is 1. The molecule has 0 radical (unpaired) electrons. The van der Waals surface area contributed by atoms with Gasteiger partial charge in [-0.3, -0.25) is 4.90 Å². The third-order valence-corrected chi connectivity index (χ3v) is 5.95. The number of nitrogens with zero attached hydrogens (tertiary/aromatic N) is 4. The molecule has 0 unspecified atom stereocenters. The van der Waals surface area contributed by atoms with Gasteiger partial charge in [-0.1, -0.05) is 12.1 Å². The SMILES string of the molecule is O=C(O)N1CCN(c2ccc(N3CCC4(CC3)OCCO4)cn2)c2ccccc21. The minimum Gasteiger partial charge on any atom is -0.465 e. The first-order valence-corrected chi connectivity index (χ1v) is 10.0. The summed E-state index contributed by atoms with van der Waals surface area (Å²) in [5, 5.41) is 9.47. The van der Waals surface area contributed by atoms with Crippen molar-refractivity contribution in [1.82, 2.24) is 4.98 Å². The van der Waals surface area contributed by atoms with Gasteiger partial charge in [0.05, 0.1) is 36.5 Å². The van der Waals surface area contributed by atoms with E-state index in [-0.39, 0.29) is 5.79 Å². The molecule has 5 rings (SSSR count). The Bertz CT molecular complexity index is 888. The molecule has 152 valence electrons. The van der Waals surface area contributed by atoms with Gasteiger partial charge in [0.1, 0.15) is 5.82 Å². The number of anilines is 4. The molecule has 3 aliphatic heterocycles. The summed E-state index contributed by atoms with van der Waals surface area (Å²) in [5.41, 5.74) is 2.63. The number of piperidine rings is 1. The number of aromatic nitrogens is 1. The number of benzene rings is 1. The van der Waals surface area contributed by atoms with E-state index < -0.39 is 6.09 Å². The third-order valence-electron chi connectivity index (χ3n) is 5.95. The minimum absolute atomic E-state index is 0.378. The molecular formula is C21H24N4O4. The standard InChI is InChI=1S/C21H24N4O4/c26-20(27)25-12-11-24(17-3-1-2-4-18(17)25)19-6-5-16(15-22-19)23-9-7-21(8-10-23)28-13-14-29-21/h1-6,15H,7-14H2,(H,26,27). The summed E-state index contributed by atoms with van der Waals surface area (Å²) in [6, 6.07) is 11.6. The lowest BCUT2D eigenvalue weighted by atomic mass is 10.0. The smallest absolute Gasteiger partial charge is 0.411 e. The number of amides is 1. The van der Waals surface area contributed by atoms with Crippen molar-refractivity contribution in [1.29, 1.82) is 0 Å². The van der Waals surface area contributed by atoms with Gasteiger partial charge in [0.25, 0.3) is 0 Å². The molecule has 8 nitrogen and oxygen atoms in total. The van der Waals surface area contributed by atoms with E-state index in [1.165, 1.54) is 4.90 Å². The Hall–Kier alpha value is -2.84. The first-order chi connectivity index (χ1) is 14.2. The van der Waals surface area contributed by atoms with Gasteiger partial charge < -0.3 is 24.4 Å². The van der Waals surface area contributed by atoms with Crippen LogP contribution >= 0.6 is 0 Å². The Morgan fingerprint density at radius 1 is 0.966 bits per heavy atom. The average molecular weight is 396 g/mol. The second-order valence-electron chi connectivity index (χ2n) is 7.54. The number of para-hydroxylation sites is 2. The van der Waals surface area contributed by atoms with Crippen LogP contribution in [0.15, 0.2) is 42.6 Å². The van der Waals surface area contributed by atoms with Crippen molar-refractivity contribution in [3.05, 3.63) is 42.6 Å². The van der Waals surface area contributed by atoms with Gasteiger partial charge in [-0.25, -0.2) is 9.78 Å². The van der Waals surface area contributed by atoms with E-state index in [1.54, 1.807) is 0 Å². The first-order valence-electron chi connectivity index (χ1n) is 10.0. The lowest BCUT2D eigenvalue weighted by Crippen LogP contribution is -2.45. The summed E-state index contributed by atoms with van der Waals surface area (Å²) < 4.78 is 11.6. The number of ether oxygens (including phenoxy) is 2. The van der Waals surface area contributed by atoms with E-state index in [1.807, 2.05) is 36.5 Å². The van der Waals surface area contributed by atoms with E-state index in [4.69, 9.17) is 14.5 Å². The highest BCUT2D eigenvalue weighted by Crippen LogP contribution is 2.38. The Morgan fingerprint density at radius 2 is 1.69 bits per heavy atom. The first kappa shape index (κ1) is 18.2. The van der Waals surface area contributed by atoms with Crippen LogP contribution in [0.1, 0.15) is 12.8 Å². The fraction of sp³-hybridized carbons (Fsp3) is 0.429. The van der Waals surface area contributed by atoms with Crippen LogP contribution in [-0.4, -0.2) is 61.4 Å². The average Bonchev–Trinajstić information content (AvgIpc) is 3.21. The maximum absolute atomic E-state index is 11.5. The van der Waals surface area contributed by atoms with Gasteiger partial charge in [-0.15, -0.1) is 0 Å². The Kier molecular flexibility index (Phi) is 4.52. The Labute approximate surface area is 169 Å². The van der Waals surface area contributed by atoms with Crippen LogP contribution in [0.2, 0.25) is 0 Å². The topological polar surface area (TPSA) is 78.4 Å². The molecule has 3 aliphatic rings. The highest BCUT2D eigenvalue weighted by molar-refractivity contribution is 5.93. The molecule has 4 heterocycles. The predicted molar refractivity (Wildman–Crippen MR) is 109 cm³/mol. The minimum atomic E-state index is -0.932. The molecule has 0 bridgehead atoms. The predicted octanol–water partition coefficient (Wildman–Crippen LogP) is 3.06. The van der Waals surface area contributed by atoms with Crippen molar-refractivity contribution in [3.8, 4) is 0 Å². The molecule has 1 aromatic heterocycles. The van der Waals surface area contributed by atoms with Crippen LogP contribution in [0.25, 0.3) is 0 Å². The Morgan fingerprint density at radius 3 is 2.34 bits per heavy atom. The molecule has 1 N–H and O–H groups in total. The molecule has 0 saturated carbocycles. The van der Waals surface area contributed by atoms with Crippen LogP contribution in [0, 0.1) is 0 Å². The lowest BCUT2D eigenvalue weighted by molar-refractivity contribution is -0.169. The number of rotatable bonds is 2. The van der Waals surface area contributed by atoms with Crippen molar-refractivity contribution in [2.45, 2.75) is 18.6 Å². The van der Waals surface area contributed by atoms with E-state index >= 15 is 0 Å². The van der Waals surface area contributed by atoms with Crippen LogP contribution in [-0.2, 0) is 9.47 Å². The van der Waals surface area contributed by atoms with Gasteiger partial charge in [0.15, 0.2) is 5.79 Å². The molecule has 1 amide bonds. The van der Waals surface area contributed by atoms with Crippen molar-refractivity contribution in [3.63, 3.8) is 0 Å². The molecule has 0 atom stereocenters. The molecule has 1 aromatic carbocycles. The summed E-state index contributed by atoms with van der Waals surface area (Å²) in [5.74, 6) is 0.444. The molecular weight excluding hydrogens is 372 g/mol. The van der Waals surface area contributed by atoms with Gasteiger partial charge in [0.2, 0.25) is 0 Å². The summed E-state index contributed by atoms with van der Waals surface area (Å²) >= 11 is 0. The molecule has 2 saturated heterocycles. The highest BCUT2D eigenvalue weighted by Gasteiger charge is 2.39. The van der Waals surface area contributed by atoms with E-state index in [2.05, 4.69) is 15.9 Å². The fourth-order valence-corrected chi connectivity index (χ4v) is 4.41. The molecule has 2 fully saturated rings. The zero-order valence-corrected chi connectivity index (χ0v) is 16.2. The van der Waals surface area contributed by atoms with Gasteiger partial charge in [-0.2, -0.15) is 0 Å². The number of pyridine rings is 1. The van der Waals surface area contributed by atoms with Crippen molar-refractivity contribution in [2.75, 3.05) is 54.1 Å². The molecule has 0 aliphatic carbocycles. The third kappa shape index (κ3) is 3.28. The second-order valence-corrected chi connectivity index (χ2v) is 7.54. The van der Waals surface area contributed by atoms with Gasteiger partial charge >= 0.3 is 6.09 Å². The van der Waals surface area contributed by atoms with Gasteiger partial charge in [0, 0.05) is 39.0 Å². The maximum atomic E-state index is 11.5. The fourth-order valence-electron chi connectivity index (χ4n) is 4.41. The highest BCUT2D eigenvalue weighted by atomic mass is 16.7. The monoisotopic (exact) mass is 396 g/mol. The van der Waals surface area contributed by atoms with E-state index in [0.29, 0.717) is 32.0 Å². The van der Waals surface area contributed by atoms with Gasteiger partial charge in [-0.05, 0) is 24.3 Å². The van der Waals surface area contributed by atoms with Crippen LogP contribution in [0.4, 0.5) is 27.7 Å². The van der Waals surface area contributed by atoms with Crippen LogP contribution in [0.3, 0.4) is 0 Å². The number of carboxylic acid groups (broad SMARTS) is 1. The maximum Gasteiger partial charge on any atom is 0.411 e. The molecule has 29 heavy (non-hydrogen) atoms. The quantitative estimate of drug-likeness (QED) is 0.836. The number of carbonyl (C=O) groups is 1. The molecule has 1 spiro atoms.